The van der Waals surface area contributed by atoms with Crippen LogP contribution < -0.4 is 19.9 Å². The number of hydrogen-bond donors (Lipinski definition) is 2. The summed E-state index contributed by atoms with van der Waals surface area (Å²) < 4.78 is 50.5. The van der Waals surface area contributed by atoms with Crippen LogP contribution in [0.4, 0.5) is 18.9 Å². The molecule has 0 aromatic heterocycles. The zero-order valence-corrected chi connectivity index (χ0v) is 14.5. The Kier molecular flexibility index (Phi) is 5.14. The quantitative estimate of drug-likeness (QED) is 0.613. The van der Waals surface area contributed by atoms with Gasteiger partial charge in [-0.25, -0.2) is 5.48 Å². The molecule has 2 amide bonds. The number of halogens is 3. The van der Waals surface area contributed by atoms with Gasteiger partial charge < -0.3 is 14.4 Å². The molecule has 0 bridgehead atoms. The summed E-state index contributed by atoms with van der Waals surface area (Å²) in [5, 5.41) is 8.77. The minimum Gasteiger partial charge on any atom is -0.497 e. The SMILES string of the molecule is COc1ccc(CN2C(=O)COc3ccc(C(=O)NO)cc32)c(C(F)(F)F)c1. The van der Waals surface area contributed by atoms with Crippen molar-refractivity contribution in [2.45, 2.75) is 12.7 Å². The number of benzene rings is 2. The van der Waals surface area contributed by atoms with Gasteiger partial charge in [-0.3, -0.25) is 14.8 Å². The van der Waals surface area contributed by atoms with Crippen molar-refractivity contribution >= 4 is 17.5 Å². The van der Waals surface area contributed by atoms with Crippen LogP contribution in [0.3, 0.4) is 0 Å². The van der Waals surface area contributed by atoms with E-state index < -0.39 is 30.1 Å². The Morgan fingerprint density at radius 2 is 2.04 bits per heavy atom. The Morgan fingerprint density at radius 3 is 2.68 bits per heavy atom. The maximum atomic E-state index is 13.5. The molecule has 0 radical (unpaired) electrons. The normalized spacial score (nSPS) is 13.6. The van der Waals surface area contributed by atoms with Crippen LogP contribution in [0.5, 0.6) is 11.5 Å². The van der Waals surface area contributed by atoms with Gasteiger partial charge in [0.2, 0.25) is 0 Å². The minimum atomic E-state index is -4.65. The molecule has 2 N–H and O–H groups in total. The summed E-state index contributed by atoms with van der Waals surface area (Å²) in [7, 11) is 1.25. The Morgan fingerprint density at radius 1 is 1.29 bits per heavy atom. The number of alkyl halides is 3. The van der Waals surface area contributed by atoms with E-state index in [9.17, 15) is 22.8 Å². The Labute approximate surface area is 157 Å². The van der Waals surface area contributed by atoms with Crippen LogP contribution in [0.15, 0.2) is 36.4 Å². The maximum Gasteiger partial charge on any atom is 0.416 e. The number of ether oxygens (including phenoxy) is 2. The first kappa shape index (κ1) is 19.5. The lowest BCUT2D eigenvalue weighted by Gasteiger charge is -2.30. The second-order valence-electron chi connectivity index (χ2n) is 5.91. The lowest BCUT2D eigenvalue weighted by Crippen LogP contribution is -2.39. The summed E-state index contributed by atoms with van der Waals surface area (Å²) in [5.74, 6) is -1.14. The highest BCUT2D eigenvalue weighted by molar-refractivity contribution is 6.01. The topological polar surface area (TPSA) is 88.1 Å². The van der Waals surface area contributed by atoms with Crippen molar-refractivity contribution in [1.29, 1.82) is 0 Å². The number of hydroxylamine groups is 1. The van der Waals surface area contributed by atoms with Crippen LogP contribution in [-0.2, 0) is 17.5 Å². The molecule has 3 rings (SSSR count). The minimum absolute atomic E-state index is 0.00956. The number of nitrogens with zero attached hydrogens (tertiary/aromatic N) is 1. The molecule has 1 heterocycles. The standard InChI is InChI=1S/C18H15F3N2O5/c1-27-12-4-2-11(13(7-12)18(19,20)21)8-23-14-6-10(17(25)22-26)3-5-15(14)28-9-16(23)24/h2-7,26H,8-9H2,1H3,(H,22,25). The fraction of sp³-hybridized carbons (Fsp3) is 0.222. The van der Waals surface area contributed by atoms with Crippen molar-refractivity contribution in [1.82, 2.24) is 5.48 Å². The van der Waals surface area contributed by atoms with Gasteiger partial charge in [0.15, 0.2) is 6.61 Å². The van der Waals surface area contributed by atoms with E-state index in [1.807, 2.05) is 0 Å². The molecule has 0 aliphatic carbocycles. The number of carbonyl (C=O) groups is 2. The van der Waals surface area contributed by atoms with Crippen LogP contribution in [0.2, 0.25) is 0 Å². The average molecular weight is 396 g/mol. The highest BCUT2D eigenvalue weighted by Gasteiger charge is 2.36. The molecule has 10 heteroatoms. The second kappa shape index (κ2) is 7.39. The third-order valence-electron chi connectivity index (χ3n) is 4.22. The summed E-state index contributed by atoms with van der Waals surface area (Å²) >= 11 is 0. The molecule has 0 saturated carbocycles. The summed E-state index contributed by atoms with van der Waals surface area (Å²) in [4.78, 5) is 25.1. The molecule has 148 valence electrons. The first-order chi connectivity index (χ1) is 13.2. The van der Waals surface area contributed by atoms with E-state index in [0.29, 0.717) is 0 Å². The van der Waals surface area contributed by atoms with Gasteiger partial charge in [0.05, 0.1) is 24.9 Å². The molecule has 2 aromatic rings. The molecule has 0 saturated heterocycles. The lowest BCUT2D eigenvalue weighted by atomic mass is 10.0. The van der Waals surface area contributed by atoms with Gasteiger partial charge in [0.25, 0.3) is 11.8 Å². The number of fused-ring (bicyclic) bond motifs is 1. The fourth-order valence-electron chi connectivity index (χ4n) is 2.84. The highest BCUT2D eigenvalue weighted by Crippen LogP contribution is 2.38. The average Bonchev–Trinajstić information content (AvgIpc) is 2.68. The van der Waals surface area contributed by atoms with Gasteiger partial charge in [0, 0.05) is 5.56 Å². The molecule has 2 aromatic carbocycles. The number of nitrogens with one attached hydrogen (secondary N) is 1. The van der Waals surface area contributed by atoms with Crippen LogP contribution in [-0.4, -0.2) is 30.7 Å². The first-order valence-electron chi connectivity index (χ1n) is 8.00. The molecule has 1 aliphatic heterocycles. The Bertz CT molecular complexity index is 930. The molecule has 0 unspecified atom stereocenters. The number of rotatable bonds is 4. The third-order valence-corrected chi connectivity index (χ3v) is 4.22. The fourth-order valence-corrected chi connectivity index (χ4v) is 2.84. The maximum absolute atomic E-state index is 13.5. The van der Waals surface area contributed by atoms with Crippen LogP contribution in [0.1, 0.15) is 21.5 Å². The molecular formula is C18H15F3N2O5. The molecule has 28 heavy (non-hydrogen) atoms. The highest BCUT2D eigenvalue weighted by atomic mass is 19.4. The smallest absolute Gasteiger partial charge is 0.416 e. The second-order valence-corrected chi connectivity index (χ2v) is 5.91. The van der Waals surface area contributed by atoms with Crippen LogP contribution >= 0.6 is 0 Å². The van der Waals surface area contributed by atoms with Gasteiger partial charge in [-0.05, 0) is 35.9 Å². The van der Waals surface area contributed by atoms with Gasteiger partial charge in [-0.1, -0.05) is 6.07 Å². The summed E-state index contributed by atoms with van der Waals surface area (Å²) in [5.41, 5.74) is 0.515. The van der Waals surface area contributed by atoms with Gasteiger partial charge in [-0.15, -0.1) is 0 Å². The number of methoxy groups -OCH3 is 1. The number of carbonyl (C=O) groups excluding carboxylic acids is 2. The van der Waals surface area contributed by atoms with Crippen molar-refractivity contribution in [3.8, 4) is 11.5 Å². The molecule has 0 spiro atoms. The third kappa shape index (κ3) is 3.72. The van der Waals surface area contributed by atoms with Crippen molar-refractivity contribution < 1.29 is 37.4 Å². The molecule has 1 aliphatic rings. The van der Waals surface area contributed by atoms with E-state index in [4.69, 9.17) is 14.7 Å². The van der Waals surface area contributed by atoms with Crippen molar-refractivity contribution in [3.63, 3.8) is 0 Å². The zero-order valence-electron chi connectivity index (χ0n) is 14.5. The molecule has 7 nitrogen and oxygen atoms in total. The van der Waals surface area contributed by atoms with E-state index >= 15 is 0 Å². The Balaban J connectivity index is 2.04. The molecular weight excluding hydrogens is 381 g/mol. The number of amides is 2. The van der Waals surface area contributed by atoms with E-state index in [2.05, 4.69) is 0 Å². The lowest BCUT2D eigenvalue weighted by molar-refractivity contribution is -0.138. The van der Waals surface area contributed by atoms with Crippen molar-refractivity contribution in [2.75, 3.05) is 18.6 Å². The Hall–Kier alpha value is -3.27. The predicted molar refractivity (Wildman–Crippen MR) is 90.4 cm³/mol. The van der Waals surface area contributed by atoms with E-state index in [1.54, 1.807) is 0 Å². The summed E-state index contributed by atoms with van der Waals surface area (Å²) in [6, 6.07) is 7.47. The molecule has 0 atom stereocenters. The van der Waals surface area contributed by atoms with Gasteiger partial charge in [0.1, 0.15) is 11.5 Å². The molecule has 0 fully saturated rings. The monoisotopic (exact) mass is 396 g/mol. The van der Waals surface area contributed by atoms with E-state index in [0.717, 1.165) is 11.0 Å². The summed E-state index contributed by atoms with van der Waals surface area (Å²) in [6.07, 6.45) is -4.65. The van der Waals surface area contributed by atoms with Gasteiger partial charge in [-0.2, -0.15) is 13.2 Å². The number of anilines is 1. The van der Waals surface area contributed by atoms with Gasteiger partial charge >= 0.3 is 6.18 Å². The summed E-state index contributed by atoms with van der Waals surface area (Å²) in [6.45, 7) is -0.742. The van der Waals surface area contributed by atoms with E-state index in [1.165, 1.54) is 42.9 Å². The largest absolute Gasteiger partial charge is 0.497 e. The van der Waals surface area contributed by atoms with Crippen LogP contribution in [0.25, 0.3) is 0 Å². The zero-order chi connectivity index (χ0) is 20.5. The number of hydrogen-bond acceptors (Lipinski definition) is 5. The van der Waals surface area contributed by atoms with Crippen molar-refractivity contribution in [2.24, 2.45) is 0 Å². The van der Waals surface area contributed by atoms with Crippen LogP contribution in [0, 0.1) is 0 Å². The first-order valence-corrected chi connectivity index (χ1v) is 8.00. The predicted octanol–water partition coefficient (Wildman–Crippen LogP) is 2.76. The van der Waals surface area contributed by atoms with E-state index in [-0.39, 0.29) is 34.9 Å². The van der Waals surface area contributed by atoms with Crippen molar-refractivity contribution in [3.05, 3.63) is 53.1 Å².